The predicted molar refractivity (Wildman–Crippen MR) is 67.8 cm³/mol. The van der Waals surface area contributed by atoms with Gasteiger partial charge in [0.15, 0.2) is 0 Å². The number of rotatable bonds is 2. The first-order valence-electron chi connectivity index (χ1n) is 6.36. The molecule has 3 heteroatoms. The Balaban J connectivity index is 2.02. The molecule has 1 fully saturated rings. The minimum absolute atomic E-state index is 0.145. The van der Waals surface area contributed by atoms with E-state index in [2.05, 4.69) is 13.8 Å². The fraction of sp³-hybridized carbons (Fsp3) is 0.533. The third kappa shape index (κ3) is 3.22. The Morgan fingerprint density at radius 1 is 1.28 bits per heavy atom. The molecule has 96 valence electrons. The lowest BCUT2D eigenvalue weighted by Gasteiger charge is -2.34. The summed E-state index contributed by atoms with van der Waals surface area (Å²) in [6.07, 6.45) is 4.37. The molecular weight excluding hydrogens is 229 g/mol. The van der Waals surface area contributed by atoms with E-state index in [1.165, 1.54) is 12.1 Å². The SMILES string of the molecule is CC1(C)CCC(Oc2cc(F)cc(C#N)c2)CC1. The lowest BCUT2D eigenvalue weighted by Crippen LogP contribution is -2.28. The lowest BCUT2D eigenvalue weighted by molar-refractivity contribution is 0.0985. The van der Waals surface area contributed by atoms with E-state index in [0.29, 0.717) is 16.7 Å². The van der Waals surface area contributed by atoms with Crippen LogP contribution in [0.4, 0.5) is 4.39 Å². The van der Waals surface area contributed by atoms with E-state index in [1.807, 2.05) is 6.07 Å². The zero-order valence-corrected chi connectivity index (χ0v) is 10.9. The van der Waals surface area contributed by atoms with Crippen molar-refractivity contribution in [1.82, 2.24) is 0 Å². The highest BCUT2D eigenvalue weighted by atomic mass is 19.1. The fourth-order valence-corrected chi connectivity index (χ4v) is 2.38. The molecule has 0 saturated heterocycles. The molecule has 1 saturated carbocycles. The number of nitrogens with zero attached hydrogens (tertiary/aromatic N) is 1. The van der Waals surface area contributed by atoms with Crippen LogP contribution in [0.3, 0.4) is 0 Å². The molecule has 1 aromatic rings. The summed E-state index contributed by atoms with van der Waals surface area (Å²) in [5.74, 6) is 0.0523. The van der Waals surface area contributed by atoms with Crippen LogP contribution in [0.2, 0.25) is 0 Å². The number of nitriles is 1. The van der Waals surface area contributed by atoms with Crippen molar-refractivity contribution in [3.8, 4) is 11.8 Å². The number of benzene rings is 1. The van der Waals surface area contributed by atoms with Gasteiger partial charge in [-0.1, -0.05) is 13.8 Å². The quantitative estimate of drug-likeness (QED) is 0.790. The minimum Gasteiger partial charge on any atom is -0.490 e. The molecule has 0 aliphatic heterocycles. The Hall–Kier alpha value is -1.56. The summed E-state index contributed by atoms with van der Waals surface area (Å²) in [4.78, 5) is 0. The first-order chi connectivity index (χ1) is 8.48. The molecule has 1 aliphatic rings. The summed E-state index contributed by atoms with van der Waals surface area (Å²) >= 11 is 0. The molecule has 1 aliphatic carbocycles. The molecule has 1 aromatic carbocycles. The van der Waals surface area contributed by atoms with Gasteiger partial charge >= 0.3 is 0 Å². The van der Waals surface area contributed by atoms with Gasteiger partial charge in [-0.25, -0.2) is 4.39 Å². The molecule has 0 amide bonds. The second-order valence-electron chi connectivity index (χ2n) is 5.77. The Bertz CT molecular complexity index is 466. The van der Waals surface area contributed by atoms with Crippen molar-refractivity contribution in [1.29, 1.82) is 5.26 Å². The number of halogens is 1. The molecule has 2 nitrogen and oxygen atoms in total. The molecule has 0 spiro atoms. The summed E-state index contributed by atoms with van der Waals surface area (Å²) in [5, 5.41) is 8.79. The Morgan fingerprint density at radius 2 is 1.94 bits per heavy atom. The van der Waals surface area contributed by atoms with E-state index >= 15 is 0 Å². The van der Waals surface area contributed by atoms with Crippen molar-refractivity contribution in [3.63, 3.8) is 0 Å². The normalized spacial score (nSPS) is 19.2. The van der Waals surface area contributed by atoms with Gasteiger partial charge in [-0.15, -0.1) is 0 Å². The van der Waals surface area contributed by atoms with Crippen molar-refractivity contribution in [3.05, 3.63) is 29.6 Å². The summed E-state index contributed by atoms with van der Waals surface area (Å²) < 4.78 is 19.0. The monoisotopic (exact) mass is 247 g/mol. The first kappa shape index (κ1) is 12.9. The number of hydrogen-bond donors (Lipinski definition) is 0. The van der Waals surface area contributed by atoms with Crippen LogP contribution in [-0.4, -0.2) is 6.10 Å². The predicted octanol–water partition coefficient (Wildman–Crippen LogP) is 4.04. The van der Waals surface area contributed by atoms with Crippen LogP contribution in [0.25, 0.3) is 0 Å². The number of ether oxygens (including phenoxy) is 1. The lowest BCUT2D eigenvalue weighted by atomic mass is 9.76. The molecule has 2 rings (SSSR count). The van der Waals surface area contributed by atoms with E-state index in [9.17, 15) is 4.39 Å². The summed E-state index contributed by atoms with van der Waals surface area (Å²) in [6.45, 7) is 4.53. The summed E-state index contributed by atoms with van der Waals surface area (Å²) in [5.41, 5.74) is 0.695. The second kappa shape index (κ2) is 4.97. The van der Waals surface area contributed by atoms with Crippen LogP contribution in [0.1, 0.15) is 45.1 Å². The van der Waals surface area contributed by atoms with E-state index < -0.39 is 5.82 Å². The topological polar surface area (TPSA) is 33.0 Å². The van der Waals surface area contributed by atoms with Crippen LogP contribution < -0.4 is 4.74 Å². The highest BCUT2D eigenvalue weighted by Crippen LogP contribution is 2.36. The van der Waals surface area contributed by atoms with Crippen LogP contribution in [0, 0.1) is 22.6 Å². The molecule has 18 heavy (non-hydrogen) atoms. The number of hydrogen-bond acceptors (Lipinski definition) is 2. The molecule has 0 heterocycles. The maximum Gasteiger partial charge on any atom is 0.128 e. The van der Waals surface area contributed by atoms with Gasteiger partial charge in [-0.05, 0) is 43.2 Å². The van der Waals surface area contributed by atoms with Gasteiger partial charge in [0, 0.05) is 6.07 Å². The largest absolute Gasteiger partial charge is 0.490 e. The van der Waals surface area contributed by atoms with E-state index in [1.54, 1.807) is 6.07 Å². The van der Waals surface area contributed by atoms with Crippen LogP contribution in [0.15, 0.2) is 18.2 Å². The van der Waals surface area contributed by atoms with Gasteiger partial charge < -0.3 is 4.74 Å². The standard InChI is InChI=1S/C15H18FNO/c1-15(2)5-3-13(4-6-15)18-14-8-11(10-17)7-12(16)9-14/h7-9,13H,3-6H2,1-2H3. The van der Waals surface area contributed by atoms with Crippen LogP contribution in [0.5, 0.6) is 5.75 Å². The molecule has 0 N–H and O–H groups in total. The second-order valence-corrected chi connectivity index (χ2v) is 5.77. The van der Waals surface area contributed by atoms with E-state index in [4.69, 9.17) is 10.00 Å². The van der Waals surface area contributed by atoms with Crippen molar-refractivity contribution >= 4 is 0 Å². The maximum atomic E-state index is 13.3. The van der Waals surface area contributed by atoms with Gasteiger partial charge in [0.2, 0.25) is 0 Å². The molecule has 0 atom stereocenters. The highest BCUT2D eigenvalue weighted by Gasteiger charge is 2.27. The summed E-state index contributed by atoms with van der Waals surface area (Å²) in [6, 6.07) is 6.11. The maximum absolute atomic E-state index is 13.3. The van der Waals surface area contributed by atoms with Crippen molar-refractivity contribution in [2.75, 3.05) is 0 Å². The van der Waals surface area contributed by atoms with E-state index in [-0.39, 0.29) is 6.10 Å². The minimum atomic E-state index is -0.416. The molecular formula is C15H18FNO. The Kier molecular flexibility index (Phi) is 3.56. The van der Waals surface area contributed by atoms with Gasteiger partial charge in [-0.2, -0.15) is 5.26 Å². The van der Waals surface area contributed by atoms with Gasteiger partial charge in [0.1, 0.15) is 11.6 Å². The fourth-order valence-electron chi connectivity index (χ4n) is 2.38. The Morgan fingerprint density at radius 3 is 2.56 bits per heavy atom. The van der Waals surface area contributed by atoms with E-state index in [0.717, 1.165) is 25.7 Å². The Labute approximate surface area is 107 Å². The molecule has 0 bridgehead atoms. The van der Waals surface area contributed by atoms with Gasteiger partial charge in [0.05, 0.1) is 17.7 Å². The molecule has 0 unspecified atom stereocenters. The van der Waals surface area contributed by atoms with Gasteiger partial charge in [0.25, 0.3) is 0 Å². The third-order valence-corrected chi connectivity index (χ3v) is 3.59. The molecule has 0 aromatic heterocycles. The first-order valence-corrected chi connectivity index (χ1v) is 6.36. The zero-order chi connectivity index (χ0) is 13.2. The van der Waals surface area contributed by atoms with Crippen molar-refractivity contribution in [2.45, 2.75) is 45.6 Å². The molecule has 0 radical (unpaired) electrons. The third-order valence-electron chi connectivity index (χ3n) is 3.59. The summed E-state index contributed by atoms with van der Waals surface area (Å²) in [7, 11) is 0. The van der Waals surface area contributed by atoms with Gasteiger partial charge in [-0.3, -0.25) is 0 Å². The smallest absolute Gasteiger partial charge is 0.128 e. The zero-order valence-electron chi connectivity index (χ0n) is 10.9. The van der Waals surface area contributed by atoms with Crippen LogP contribution >= 0.6 is 0 Å². The van der Waals surface area contributed by atoms with Crippen molar-refractivity contribution < 1.29 is 9.13 Å². The van der Waals surface area contributed by atoms with Crippen LogP contribution in [-0.2, 0) is 0 Å². The average Bonchev–Trinajstić information content (AvgIpc) is 2.31. The van der Waals surface area contributed by atoms with Crippen molar-refractivity contribution in [2.24, 2.45) is 5.41 Å². The highest BCUT2D eigenvalue weighted by molar-refractivity contribution is 5.37. The average molecular weight is 247 g/mol.